The first-order chi connectivity index (χ1) is 7.69. The van der Waals surface area contributed by atoms with E-state index in [4.69, 9.17) is 14.2 Å². The largest absolute Gasteiger partial charge is 0.505 e. The molecular formula is C10H14BrNO4. The van der Waals surface area contributed by atoms with Crippen LogP contribution in [0, 0.1) is 0 Å². The van der Waals surface area contributed by atoms with E-state index in [1.807, 2.05) is 0 Å². The first kappa shape index (κ1) is 13.1. The average Bonchev–Trinajstić information content (AvgIpc) is 2.28. The van der Waals surface area contributed by atoms with E-state index >= 15 is 0 Å². The standard InChI is InChI=1S/C10H14BrNO4/c1-14-4-3-5-16-8-6-7(13)9(11)12-10(8)15-2/h6,13H,3-5H2,1-2H3. The predicted molar refractivity (Wildman–Crippen MR) is 62.1 cm³/mol. The number of hydrogen-bond acceptors (Lipinski definition) is 5. The van der Waals surface area contributed by atoms with E-state index in [-0.39, 0.29) is 5.75 Å². The van der Waals surface area contributed by atoms with Crippen LogP contribution in [-0.4, -0.2) is 37.5 Å². The molecule has 0 saturated heterocycles. The fourth-order valence-corrected chi connectivity index (χ4v) is 1.36. The molecular weight excluding hydrogens is 278 g/mol. The summed E-state index contributed by atoms with van der Waals surface area (Å²) in [6.45, 7) is 1.10. The van der Waals surface area contributed by atoms with Crippen LogP contribution in [0.15, 0.2) is 10.7 Å². The van der Waals surface area contributed by atoms with E-state index in [1.54, 1.807) is 7.11 Å². The monoisotopic (exact) mass is 291 g/mol. The Hall–Kier alpha value is -1.01. The molecule has 0 aliphatic heterocycles. The van der Waals surface area contributed by atoms with Crippen LogP contribution < -0.4 is 9.47 Å². The van der Waals surface area contributed by atoms with Crippen molar-refractivity contribution >= 4 is 15.9 Å². The van der Waals surface area contributed by atoms with E-state index in [9.17, 15) is 5.11 Å². The number of aromatic hydroxyl groups is 1. The van der Waals surface area contributed by atoms with E-state index in [2.05, 4.69) is 20.9 Å². The van der Waals surface area contributed by atoms with Crippen LogP contribution in [0.1, 0.15) is 6.42 Å². The van der Waals surface area contributed by atoms with Gasteiger partial charge in [0.05, 0.1) is 13.7 Å². The summed E-state index contributed by atoms with van der Waals surface area (Å²) in [6, 6.07) is 1.46. The number of methoxy groups -OCH3 is 2. The molecule has 0 unspecified atom stereocenters. The van der Waals surface area contributed by atoms with Crippen molar-refractivity contribution in [1.29, 1.82) is 0 Å². The van der Waals surface area contributed by atoms with Crippen molar-refractivity contribution in [3.63, 3.8) is 0 Å². The van der Waals surface area contributed by atoms with Crippen molar-refractivity contribution in [3.05, 3.63) is 10.7 Å². The smallest absolute Gasteiger partial charge is 0.258 e. The Morgan fingerprint density at radius 1 is 1.38 bits per heavy atom. The molecule has 90 valence electrons. The second-order valence-corrected chi connectivity index (χ2v) is 3.75. The Kier molecular flexibility index (Phi) is 5.34. The zero-order valence-corrected chi connectivity index (χ0v) is 10.8. The molecule has 0 aliphatic rings. The fraction of sp³-hybridized carbons (Fsp3) is 0.500. The van der Waals surface area contributed by atoms with Gasteiger partial charge in [-0.1, -0.05) is 0 Å². The Balaban J connectivity index is 2.66. The predicted octanol–water partition coefficient (Wildman–Crippen LogP) is 1.97. The number of ether oxygens (including phenoxy) is 3. The molecule has 0 aliphatic carbocycles. The molecule has 0 radical (unpaired) electrons. The van der Waals surface area contributed by atoms with Gasteiger partial charge >= 0.3 is 0 Å². The average molecular weight is 292 g/mol. The molecule has 1 rings (SSSR count). The Morgan fingerprint density at radius 2 is 2.12 bits per heavy atom. The molecule has 1 aromatic rings. The summed E-state index contributed by atoms with van der Waals surface area (Å²) < 4.78 is 15.7. The van der Waals surface area contributed by atoms with Crippen LogP contribution in [0.3, 0.4) is 0 Å². The van der Waals surface area contributed by atoms with Crippen molar-refractivity contribution in [1.82, 2.24) is 4.98 Å². The minimum absolute atomic E-state index is 0.0162. The summed E-state index contributed by atoms with van der Waals surface area (Å²) in [6.07, 6.45) is 0.760. The van der Waals surface area contributed by atoms with Crippen LogP contribution >= 0.6 is 15.9 Å². The molecule has 0 aromatic carbocycles. The van der Waals surface area contributed by atoms with Crippen LogP contribution in [-0.2, 0) is 4.74 Å². The van der Waals surface area contributed by atoms with Gasteiger partial charge in [0.25, 0.3) is 5.88 Å². The molecule has 6 heteroatoms. The van der Waals surface area contributed by atoms with Gasteiger partial charge in [-0.15, -0.1) is 0 Å². The second kappa shape index (κ2) is 6.55. The SMILES string of the molecule is COCCCOc1cc(O)c(Br)nc1OC. The van der Waals surface area contributed by atoms with E-state index in [0.29, 0.717) is 29.4 Å². The first-order valence-corrected chi connectivity index (χ1v) is 5.53. The third-order valence-electron chi connectivity index (χ3n) is 1.83. The molecule has 16 heavy (non-hydrogen) atoms. The molecule has 0 saturated carbocycles. The van der Waals surface area contributed by atoms with Crippen LogP contribution in [0.25, 0.3) is 0 Å². The molecule has 0 amide bonds. The molecule has 1 N–H and O–H groups in total. The summed E-state index contributed by atoms with van der Waals surface area (Å²) in [5, 5.41) is 9.45. The third-order valence-corrected chi connectivity index (χ3v) is 2.42. The Bertz CT molecular complexity index is 346. The summed E-state index contributed by atoms with van der Waals surface area (Å²) in [5.41, 5.74) is 0. The molecule has 1 heterocycles. The molecule has 0 atom stereocenters. The summed E-state index contributed by atoms with van der Waals surface area (Å²) in [4.78, 5) is 3.98. The first-order valence-electron chi connectivity index (χ1n) is 4.74. The van der Waals surface area contributed by atoms with Gasteiger partial charge in [-0.05, 0) is 15.9 Å². The van der Waals surface area contributed by atoms with Gasteiger partial charge in [0.2, 0.25) is 0 Å². The molecule has 0 bridgehead atoms. The van der Waals surface area contributed by atoms with E-state index in [0.717, 1.165) is 6.42 Å². The maximum atomic E-state index is 9.45. The lowest BCUT2D eigenvalue weighted by Gasteiger charge is -2.10. The van der Waals surface area contributed by atoms with Crippen molar-refractivity contribution in [2.24, 2.45) is 0 Å². The van der Waals surface area contributed by atoms with Gasteiger partial charge < -0.3 is 19.3 Å². The van der Waals surface area contributed by atoms with Gasteiger partial charge in [-0.2, -0.15) is 4.98 Å². The number of pyridine rings is 1. The molecule has 5 nitrogen and oxygen atoms in total. The highest BCUT2D eigenvalue weighted by Crippen LogP contribution is 2.33. The highest BCUT2D eigenvalue weighted by atomic mass is 79.9. The molecule has 1 aromatic heterocycles. The quantitative estimate of drug-likeness (QED) is 0.641. The summed E-state index contributed by atoms with van der Waals surface area (Å²) in [7, 11) is 3.13. The van der Waals surface area contributed by atoms with E-state index < -0.39 is 0 Å². The lowest BCUT2D eigenvalue weighted by molar-refractivity contribution is 0.170. The van der Waals surface area contributed by atoms with Crippen molar-refractivity contribution in [2.45, 2.75) is 6.42 Å². The minimum Gasteiger partial charge on any atom is -0.505 e. The maximum absolute atomic E-state index is 9.45. The zero-order chi connectivity index (χ0) is 12.0. The number of hydrogen-bond donors (Lipinski definition) is 1. The summed E-state index contributed by atoms with van der Waals surface area (Å²) >= 11 is 3.10. The molecule has 0 fully saturated rings. The highest BCUT2D eigenvalue weighted by molar-refractivity contribution is 9.10. The summed E-state index contributed by atoms with van der Waals surface area (Å²) in [5.74, 6) is 0.768. The maximum Gasteiger partial charge on any atom is 0.258 e. The zero-order valence-electron chi connectivity index (χ0n) is 9.20. The van der Waals surface area contributed by atoms with Crippen molar-refractivity contribution in [3.8, 4) is 17.4 Å². The minimum atomic E-state index is 0.0162. The van der Waals surface area contributed by atoms with Gasteiger partial charge in [0, 0.05) is 26.2 Å². The van der Waals surface area contributed by atoms with Crippen molar-refractivity contribution < 1.29 is 19.3 Å². The van der Waals surface area contributed by atoms with Gasteiger partial charge in [0.1, 0.15) is 0 Å². The normalized spacial score (nSPS) is 10.2. The lowest BCUT2D eigenvalue weighted by atomic mass is 10.4. The van der Waals surface area contributed by atoms with Crippen molar-refractivity contribution in [2.75, 3.05) is 27.4 Å². The lowest BCUT2D eigenvalue weighted by Crippen LogP contribution is -2.03. The second-order valence-electron chi connectivity index (χ2n) is 3.00. The van der Waals surface area contributed by atoms with Crippen LogP contribution in [0.2, 0.25) is 0 Å². The van der Waals surface area contributed by atoms with Gasteiger partial charge in [-0.3, -0.25) is 0 Å². The number of nitrogens with zero attached hydrogens (tertiary/aromatic N) is 1. The van der Waals surface area contributed by atoms with Gasteiger partial charge in [-0.25, -0.2) is 0 Å². The Morgan fingerprint density at radius 3 is 2.75 bits per heavy atom. The topological polar surface area (TPSA) is 60.8 Å². The van der Waals surface area contributed by atoms with Gasteiger partial charge in [0.15, 0.2) is 16.1 Å². The van der Waals surface area contributed by atoms with Crippen LogP contribution in [0.5, 0.6) is 17.4 Å². The number of halogens is 1. The van der Waals surface area contributed by atoms with E-state index in [1.165, 1.54) is 13.2 Å². The van der Waals surface area contributed by atoms with Crippen LogP contribution in [0.4, 0.5) is 0 Å². The third kappa shape index (κ3) is 3.53. The Labute approximate surface area is 102 Å². The number of aromatic nitrogens is 1. The number of rotatable bonds is 6. The fourth-order valence-electron chi connectivity index (χ4n) is 1.08. The highest BCUT2D eigenvalue weighted by Gasteiger charge is 2.11. The molecule has 0 spiro atoms.